The molecule has 112 valence electrons. The van der Waals surface area contributed by atoms with Gasteiger partial charge in [-0.15, -0.1) is 0 Å². The Morgan fingerprint density at radius 3 is 2.52 bits per heavy atom. The van der Waals surface area contributed by atoms with Gasteiger partial charge in [-0.2, -0.15) is 0 Å². The normalized spacial score (nSPS) is 24.3. The predicted molar refractivity (Wildman–Crippen MR) is 84.3 cm³/mol. The summed E-state index contributed by atoms with van der Waals surface area (Å²) >= 11 is 0. The number of nitrogens with two attached hydrogens (primary N) is 1. The fraction of sp³-hybridized carbons (Fsp3) is 0.611. The Balaban J connectivity index is 1.63. The first kappa shape index (κ1) is 13.3. The molecule has 4 rings (SSSR count). The predicted octanol–water partition coefficient (Wildman–Crippen LogP) is 2.97. The van der Waals surface area contributed by atoms with E-state index in [1.165, 1.54) is 31.2 Å². The van der Waals surface area contributed by atoms with Gasteiger partial charge in [0.25, 0.3) is 0 Å². The lowest BCUT2D eigenvalue weighted by atomic mass is 9.81. The third-order valence-electron chi connectivity index (χ3n) is 6.01. The van der Waals surface area contributed by atoms with Gasteiger partial charge in [0.1, 0.15) is 0 Å². The van der Waals surface area contributed by atoms with Gasteiger partial charge in [0.05, 0.1) is 0 Å². The highest BCUT2D eigenvalue weighted by Crippen LogP contribution is 2.52. The lowest BCUT2D eigenvalue weighted by Crippen LogP contribution is -2.37. The van der Waals surface area contributed by atoms with Crippen LogP contribution in [-0.4, -0.2) is 19.0 Å². The quantitative estimate of drug-likeness (QED) is 0.927. The van der Waals surface area contributed by atoms with Crippen molar-refractivity contribution < 1.29 is 4.79 Å². The van der Waals surface area contributed by atoms with E-state index in [1.54, 1.807) is 0 Å². The van der Waals surface area contributed by atoms with Gasteiger partial charge < -0.3 is 10.6 Å². The summed E-state index contributed by atoms with van der Waals surface area (Å²) < 4.78 is 0. The second-order valence-electron chi connectivity index (χ2n) is 7.37. The number of carbonyl (C=O) groups is 1. The zero-order valence-corrected chi connectivity index (χ0v) is 12.6. The molecule has 1 spiro atoms. The van der Waals surface area contributed by atoms with Crippen LogP contribution in [0.4, 0.5) is 5.69 Å². The second kappa shape index (κ2) is 4.57. The van der Waals surface area contributed by atoms with Gasteiger partial charge in [-0.25, -0.2) is 0 Å². The summed E-state index contributed by atoms with van der Waals surface area (Å²) in [6, 6.07) is 8.55. The minimum absolute atomic E-state index is 0.122. The molecular formula is C18H24N2O. The Hall–Kier alpha value is -1.35. The number of benzene rings is 1. The van der Waals surface area contributed by atoms with Crippen LogP contribution in [0.3, 0.4) is 0 Å². The fourth-order valence-electron chi connectivity index (χ4n) is 4.38. The first-order valence-corrected chi connectivity index (χ1v) is 8.28. The maximum Gasteiger partial charge on any atom is 0.227 e. The average molecular weight is 284 g/mol. The minimum Gasteiger partial charge on any atom is -0.330 e. The van der Waals surface area contributed by atoms with Crippen molar-refractivity contribution >= 4 is 11.6 Å². The number of fused-ring (bicyclic) bond motifs is 2. The van der Waals surface area contributed by atoms with Crippen LogP contribution >= 0.6 is 0 Å². The molecule has 2 N–H and O–H groups in total. The number of nitrogens with zero attached hydrogens (tertiary/aromatic N) is 1. The number of rotatable bonds is 3. The van der Waals surface area contributed by atoms with Crippen molar-refractivity contribution in [3.63, 3.8) is 0 Å². The molecule has 0 bridgehead atoms. The molecule has 1 aromatic rings. The topological polar surface area (TPSA) is 46.3 Å². The number of anilines is 1. The van der Waals surface area contributed by atoms with E-state index >= 15 is 0 Å². The third-order valence-corrected chi connectivity index (χ3v) is 6.01. The Bertz CT molecular complexity index is 570. The van der Waals surface area contributed by atoms with Crippen LogP contribution < -0.4 is 10.6 Å². The monoisotopic (exact) mass is 284 g/mol. The minimum atomic E-state index is 0.122. The summed E-state index contributed by atoms with van der Waals surface area (Å²) in [7, 11) is 0. The van der Waals surface area contributed by atoms with Crippen LogP contribution in [0.25, 0.3) is 0 Å². The van der Waals surface area contributed by atoms with Crippen molar-refractivity contribution in [2.24, 2.45) is 11.1 Å². The highest BCUT2D eigenvalue weighted by Gasteiger charge is 2.49. The SMILES string of the molecule is NCC1(CC(=O)N2CC3(CCCC3)c3ccccc32)CC1. The number of hydrogen-bond acceptors (Lipinski definition) is 2. The summed E-state index contributed by atoms with van der Waals surface area (Å²) in [5.74, 6) is 0.286. The second-order valence-corrected chi connectivity index (χ2v) is 7.37. The number of carbonyl (C=O) groups excluding carboxylic acids is 1. The van der Waals surface area contributed by atoms with Gasteiger partial charge in [-0.05, 0) is 49.3 Å². The van der Waals surface area contributed by atoms with Crippen molar-refractivity contribution in [1.29, 1.82) is 0 Å². The number of amides is 1. The van der Waals surface area contributed by atoms with E-state index < -0.39 is 0 Å². The number of para-hydroxylation sites is 1. The highest BCUT2D eigenvalue weighted by atomic mass is 16.2. The summed E-state index contributed by atoms with van der Waals surface area (Å²) in [6.07, 6.45) is 7.93. The van der Waals surface area contributed by atoms with Crippen LogP contribution in [0, 0.1) is 5.41 Å². The molecule has 21 heavy (non-hydrogen) atoms. The van der Waals surface area contributed by atoms with E-state index in [0.717, 1.165) is 25.1 Å². The van der Waals surface area contributed by atoms with Crippen LogP contribution in [0.15, 0.2) is 24.3 Å². The van der Waals surface area contributed by atoms with E-state index in [2.05, 4.69) is 29.2 Å². The fourth-order valence-corrected chi connectivity index (χ4v) is 4.38. The van der Waals surface area contributed by atoms with Gasteiger partial charge in [-0.3, -0.25) is 4.79 Å². The van der Waals surface area contributed by atoms with Crippen LogP contribution in [0.2, 0.25) is 0 Å². The molecule has 1 aromatic carbocycles. The van der Waals surface area contributed by atoms with Crippen molar-refractivity contribution in [1.82, 2.24) is 0 Å². The van der Waals surface area contributed by atoms with Gasteiger partial charge in [0, 0.05) is 24.1 Å². The molecule has 0 saturated heterocycles. The molecule has 0 aromatic heterocycles. The Morgan fingerprint density at radius 2 is 1.86 bits per heavy atom. The molecule has 3 aliphatic rings. The van der Waals surface area contributed by atoms with Gasteiger partial charge in [0.2, 0.25) is 5.91 Å². The number of hydrogen-bond donors (Lipinski definition) is 1. The lowest BCUT2D eigenvalue weighted by Gasteiger charge is -2.25. The third kappa shape index (κ3) is 2.02. The Kier molecular flexibility index (Phi) is 2.90. The Morgan fingerprint density at radius 1 is 1.14 bits per heavy atom. The molecule has 1 amide bonds. The van der Waals surface area contributed by atoms with Crippen molar-refractivity contribution in [2.75, 3.05) is 18.0 Å². The van der Waals surface area contributed by atoms with E-state index in [9.17, 15) is 4.79 Å². The molecule has 3 nitrogen and oxygen atoms in total. The summed E-state index contributed by atoms with van der Waals surface area (Å²) in [5, 5.41) is 0. The van der Waals surface area contributed by atoms with Gasteiger partial charge in [0.15, 0.2) is 0 Å². The first-order valence-electron chi connectivity index (χ1n) is 8.28. The largest absolute Gasteiger partial charge is 0.330 e. The summed E-state index contributed by atoms with van der Waals surface area (Å²) in [6.45, 7) is 1.55. The molecule has 0 radical (unpaired) electrons. The molecule has 2 fully saturated rings. The van der Waals surface area contributed by atoms with Gasteiger partial charge >= 0.3 is 0 Å². The molecule has 1 heterocycles. The van der Waals surface area contributed by atoms with E-state index in [1.807, 2.05) is 0 Å². The standard InChI is InChI=1S/C18H24N2O/c19-12-17(9-10-17)11-16(21)20-13-18(7-3-4-8-18)14-5-1-2-6-15(14)20/h1-2,5-6H,3-4,7-13,19H2. The smallest absolute Gasteiger partial charge is 0.227 e. The van der Waals surface area contributed by atoms with Crippen LogP contribution in [0.5, 0.6) is 0 Å². The lowest BCUT2D eigenvalue weighted by molar-refractivity contribution is -0.119. The van der Waals surface area contributed by atoms with E-state index in [-0.39, 0.29) is 16.7 Å². The molecule has 1 aliphatic heterocycles. The maximum atomic E-state index is 12.8. The van der Waals surface area contributed by atoms with Crippen molar-refractivity contribution in [3.8, 4) is 0 Å². The van der Waals surface area contributed by atoms with Crippen LogP contribution in [0.1, 0.15) is 50.5 Å². The molecule has 0 unspecified atom stereocenters. The molecular weight excluding hydrogens is 260 g/mol. The van der Waals surface area contributed by atoms with Crippen molar-refractivity contribution in [3.05, 3.63) is 29.8 Å². The highest BCUT2D eigenvalue weighted by molar-refractivity contribution is 5.97. The summed E-state index contributed by atoms with van der Waals surface area (Å²) in [5.41, 5.74) is 8.79. The zero-order valence-electron chi connectivity index (χ0n) is 12.6. The maximum absolute atomic E-state index is 12.8. The van der Waals surface area contributed by atoms with E-state index in [4.69, 9.17) is 5.73 Å². The zero-order chi connectivity index (χ0) is 14.5. The molecule has 3 heteroatoms. The van der Waals surface area contributed by atoms with Crippen molar-refractivity contribution in [2.45, 2.75) is 50.4 Å². The first-order chi connectivity index (χ1) is 10.2. The van der Waals surface area contributed by atoms with Gasteiger partial charge in [-0.1, -0.05) is 31.0 Å². The molecule has 2 aliphatic carbocycles. The molecule has 0 atom stereocenters. The molecule has 2 saturated carbocycles. The Labute approximate surface area is 126 Å². The van der Waals surface area contributed by atoms with Crippen LogP contribution in [-0.2, 0) is 10.2 Å². The summed E-state index contributed by atoms with van der Waals surface area (Å²) in [4.78, 5) is 14.9. The average Bonchev–Trinajstić information content (AvgIpc) is 3.00. The van der Waals surface area contributed by atoms with E-state index in [0.29, 0.717) is 13.0 Å².